The summed E-state index contributed by atoms with van der Waals surface area (Å²) in [5.74, 6) is 0.460. The molecule has 2 aromatic carbocycles. The molecule has 0 bridgehead atoms. The van der Waals surface area contributed by atoms with Gasteiger partial charge in [-0.15, -0.1) is 0 Å². The lowest BCUT2D eigenvalue weighted by Crippen LogP contribution is -1.84. The Labute approximate surface area is 119 Å². The van der Waals surface area contributed by atoms with Gasteiger partial charge in [-0.1, -0.05) is 29.3 Å². The molecule has 0 aliphatic heterocycles. The zero-order valence-corrected chi connectivity index (χ0v) is 11.6. The van der Waals surface area contributed by atoms with E-state index in [9.17, 15) is 0 Å². The molecular weight excluding hydrogens is 283 g/mol. The van der Waals surface area contributed by atoms with E-state index in [4.69, 9.17) is 33.4 Å². The number of nitrogens with two attached hydrogens (primary N) is 1. The highest BCUT2D eigenvalue weighted by atomic mass is 35.5. The second-order valence-electron chi connectivity index (χ2n) is 4.34. The van der Waals surface area contributed by atoms with Crippen molar-refractivity contribution in [1.82, 2.24) is 4.98 Å². The van der Waals surface area contributed by atoms with E-state index in [0.29, 0.717) is 32.7 Å². The van der Waals surface area contributed by atoms with Crippen LogP contribution in [0, 0.1) is 6.92 Å². The van der Waals surface area contributed by atoms with E-state index in [1.807, 2.05) is 25.1 Å². The molecule has 0 aliphatic carbocycles. The number of oxazole rings is 1. The molecule has 0 amide bonds. The monoisotopic (exact) mass is 292 g/mol. The minimum absolute atomic E-state index is 0.460. The third-order valence-electron chi connectivity index (χ3n) is 2.86. The van der Waals surface area contributed by atoms with Crippen molar-refractivity contribution in [2.45, 2.75) is 6.92 Å². The maximum absolute atomic E-state index is 6.20. The minimum Gasteiger partial charge on any atom is -0.436 e. The lowest BCUT2D eigenvalue weighted by atomic mass is 10.1. The van der Waals surface area contributed by atoms with Crippen molar-refractivity contribution in [3.63, 3.8) is 0 Å². The average molecular weight is 293 g/mol. The Kier molecular flexibility index (Phi) is 2.88. The van der Waals surface area contributed by atoms with Gasteiger partial charge in [-0.05, 0) is 30.7 Å². The van der Waals surface area contributed by atoms with E-state index in [0.717, 1.165) is 11.1 Å². The number of nitrogen functional groups attached to an aromatic ring is 1. The van der Waals surface area contributed by atoms with E-state index in [2.05, 4.69) is 4.98 Å². The first-order valence-electron chi connectivity index (χ1n) is 5.66. The van der Waals surface area contributed by atoms with Crippen LogP contribution in [0.1, 0.15) is 5.56 Å². The fourth-order valence-corrected chi connectivity index (χ4v) is 2.35. The van der Waals surface area contributed by atoms with Crippen LogP contribution in [0.25, 0.3) is 22.6 Å². The van der Waals surface area contributed by atoms with Crippen LogP contribution in [-0.4, -0.2) is 4.98 Å². The van der Waals surface area contributed by atoms with Crippen molar-refractivity contribution >= 4 is 40.0 Å². The van der Waals surface area contributed by atoms with E-state index in [1.54, 1.807) is 12.1 Å². The number of hydrogen-bond acceptors (Lipinski definition) is 3. The van der Waals surface area contributed by atoms with E-state index in [-0.39, 0.29) is 0 Å². The molecule has 3 rings (SSSR count). The number of hydrogen-bond donors (Lipinski definition) is 1. The molecule has 0 fully saturated rings. The molecule has 3 nitrogen and oxygen atoms in total. The van der Waals surface area contributed by atoms with Crippen LogP contribution in [0.15, 0.2) is 34.7 Å². The summed E-state index contributed by atoms with van der Waals surface area (Å²) >= 11 is 12.2. The highest BCUT2D eigenvalue weighted by molar-refractivity contribution is 6.34. The van der Waals surface area contributed by atoms with Gasteiger partial charge in [0.1, 0.15) is 5.52 Å². The van der Waals surface area contributed by atoms with Crippen molar-refractivity contribution in [1.29, 1.82) is 0 Å². The molecule has 0 unspecified atom stereocenters. The lowest BCUT2D eigenvalue weighted by molar-refractivity contribution is 0.620. The summed E-state index contributed by atoms with van der Waals surface area (Å²) in [5, 5.41) is 1.06. The van der Waals surface area contributed by atoms with E-state index < -0.39 is 0 Å². The first-order chi connectivity index (χ1) is 9.04. The summed E-state index contributed by atoms with van der Waals surface area (Å²) in [4.78, 5) is 4.38. The number of halogens is 2. The van der Waals surface area contributed by atoms with Gasteiger partial charge >= 0.3 is 0 Å². The molecule has 2 N–H and O–H groups in total. The van der Waals surface area contributed by atoms with Crippen molar-refractivity contribution in [3.05, 3.63) is 45.9 Å². The van der Waals surface area contributed by atoms with Gasteiger partial charge in [-0.3, -0.25) is 0 Å². The third kappa shape index (κ3) is 2.15. The molecule has 0 atom stereocenters. The van der Waals surface area contributed by atoms with Gasteiger partial charge < -0.3 is 10.2 Å². The molecule has 1 heterocycles. The first-order valence-corrected chi connectivity index (χ1v) is 6.42. The van der Waals surface area contributed by atoms with Crippen LogP contribution in [0.2, 0.25) is 10.0 Å². The predicted octanol–water partition coefficient (Wildman–Crippen LogP) is 4.69. The number of benzene rings is 2. The quantitative estimate of drug-likeness (QED) is 0.662. The maximum Gasteiger partial charge on any atom is 0.228 e. The number of nitrogens with zero attached hydrogens (tertiary/aromatic N) is 1. The Balaban J connectivity index is 2.20. The molecular formula is C14H10Cl2N2O. The maximum atomic E-state index is 6.20. The molecule has 0 radical (unpaired) electrons. The minimum atomic E-state index is 0.460. The molecule has 96 valence electrons. The van der Waals surface area contributed by atoms with Crippen LogP contribution in [0.5, 0.6) is 0 Å². The summed E-state index contributed by atoms with van der Waals surface area (Å²) in [5.41, 5.74) is 9.28. The summed E-state index contributed by atoms with van der Waals surface area (Å²) in [6.45, 7) is 1.97. The number of rotatable bonds is 1. The summed E-state index contributed by atoms with van der Waals surface area (Å²) < 4.78 is 5.68. The number of aryl methyl sites for hydroxylation is 1. The van der Waals surface area contributed by atoms with E-state index in [1.165, 1.54) is 0 Å². The van der Waals surface area contributed by atoms with Gasteiger partial charge in [0.2, 0.25) is 5.89 Å². The SMILES string of the molecule is Cc1ccc(-c2nc3cc(Cl)c(N)cc3o2)c(Cl)c1. The van der Waals surface area contributed by atoms with Gasteiger partial charge in [0.05, 0.1) is 21.3 Å². The largest absolute Gasteiger partial charge is 0.436 e. The molecule has 0 aliphatic rings. The van der Waals surface area contributed by atoms with Crippen LogP contribution in [0.3, 0.4) is 0 Å². The Morgan fingerprint density at radius 1 is 1.11 bits per heavy atom. The van der Waals surface area contributed by atoms with Crippen molar-refractivity contribution < 1.29 is 4.42 Å². The van der Waals surface area contributed by atoms with Gasteiger partial charge in [-0.2, -0.15) is 0 Å². The van der Waals surface area contributed by atoms with Gasteiger partial charge in [0.25, 0.3) is 0 Å². The zero-order chi connectivity index (χ0) is 13.6. The zero-order valence-electron chi connectivity index (χ0n) is 10.1. The molecule has 0 spiro atoms. The molecule has 3 aromatic rings. The van der Waals surface area contributed by atoms with Gasteiger partial charge in [0, 0.05) is 6.07 Å². The molecule has 5 heteroatoms. The van der Waals surface area contributed by atoms with Gasteiger partial charge in [-0.25, -0.2) is 4.98 Å². The molecule has 19 heavy (non-hydrogen) atoms. The topological polar surface area (TPSA) is 52.0 Å². The van der Waals surface area contributed by atoms with Crippen LogP contribution >= 0.6 is 23.2 Å². The second-order valence-corrected chi connectivity index (χ2v) is 5.16. The fourth-order valence-electron chi connectivity index (χ4n) is 1.87. The lowest BCUT2D eigenvalue weighted by Gasteiger charge is -2.00. The summed E-state index contributed by atoms with van der Waals surface area (Å²) in [6.07, 6.45) is 0. The first kappa shape index (κ1) is 12.3. The Morgan fingerprint density at radius 3 is 2.63 bits per heavy atom. The smallest absolute Gasteiger partial charge is 0.228 e. The fraction of sp³-hybridized carbons (Fsp3) is 0.0714. The van der Waals surface area contributed by atoms with Crippen LogP contribution < -0.4 is 5.73 Å². The third-order valence-corrected chi connectivity index (χ3v) is 3.50. The second kappa shape index (κ2) is 4.44. The standard InChI is InChI=1S/C14H10Cl2N2O/c1-7-2-3-8(9(15)4-7)14-18-12-5-10(16)11(17)6-13(12)19-14/h2-6H,17H2,1H3. The molecule has 1 aromatic heterocycles. The highest BCUT2D eigenvalue weighted by Gasteiger charge is 2.13. The van der Waals surface area contributed by atoms with E-state index >= 15 is 0 Å². The number of anilines is 1. The van der Waals surface area contributed by atoms with Crippen molar-refractivity contribution in [2.24, 2.45) is 0 Å². The molecule has 0 saturated carbocycles. The van der Waals surface area contributed by atoms with Crippen LogP contribution in [-0.2, 0) is 0 Å². The Bertz CT molecular complexity index is 741. The van der Waals surface area contributed by atoms with Crippen LogP contribution in [0.4, 0.5) is 5.69 Å². The average Bonchev–Trinajstić information content (AvgIpc) is 2.72. The van der Waals surface area contributed by atoms with Crippen molar-refractivity contribution in [2.75, 3.05) is 5.73 Å². The number of fused-ring (bicyclic) bond motifs is 1. The number of aromatic nitrogens is 1. The van der Waals surface area contributed by atoms with Gasteiger partial charge in [0.15, 0.2) is 5.58 Å². The molecule has 0 saturated heterocycles. The predicted molar refractivity (Wildman–Crippen MR) is 78.6 cm³/mol. The highest BCUT2D eigenvalue weighted by Crippen LogP contribution is 2.33. The normalized spacial score (nSPS) is 11.1. The summed E-state index contributed by atoms with van der Waals surface area (Å²) in [6, 6.07) is 9.05. The Hall–Kier alpha value is -1.71. The Morgan fingerprint density at radius 2 is 1.89 bits per heavy atom. The van der Waals surface area contributed by atoms with Crippen molar-refractivity contribution in [3.8, 4) is 11.5 Å². The summed E-state index contributed by atoms with van der Waals surface area (Å²) in [7, 11) is 0.